The van der Waals surface area contributed by atoms with Gasteiger partial charge in [0, 0.05) is 37.7 Å². The molecule has 4 rings (SSSR count). The highest BCUT2D eigenvalue weighted by molar-refractivity contribution is 5.96. The fraction of sp³-hybridized carbons (Fsp3) is 0.450. The zero-order valence-electron chi connectivity index (χ0n) is 15.9. The minimum Gasteiger partial charge on any atom is -0.369 e. The van der Waals surface area contributed by atoms with Crippen LogP contribution in [0.25, 0.3) is 0 Å². The van der Waals surface area contributed by atoms with Gasteiger partial charge in [-0.25, -0.2) is 0 Å². The minimum atomic E-state index is -0.421. The molecule has 0 saturated heterocycles. The number of carbonyl (C=O) groups excluding carboxylic acids is 2. The van der Waals surface area contributed by atoms with Gasteiger partial charge in [0.1, 0.15) is 5.69 Å². The van der Waals surface area contributed by atoms with E-state index in [1.807, 2.05) is 37.9 Å². The lowest BCUT2D eigenvalue weighted by Gasteiger charge is -2.30. The molecule has 1 aromatic carbocycles. The van der Waals surface area contributed by atoms with Crippen molar-refractivity contribution < 1.29 is 14.3 Å². The average Bonchev–Trinajstić information content (AvgIpc) is 2.96. The Labute approximate surface area is 158 Å². The molecule has 27 heavy (non-hydrogen) atoms. The van der Waals surface area contributed by atoms with Gasteiger partial charge in [0.15, 0.2) is 0 Å². The van der Waals surface area contributed by atoms with Crippen molar-refractivity contribution in [3.63, 3.8) is 0 Å². The molecule has 2 aliphatic heterocycles. The fourth-order valence-corrected chi connectivity index (χ4v) is 4.30. The molecule has 142 valence electrons. The number of amides is 2. The van der Waals surface area contributed by atoms with Crippen molar-refractivity contribution >= 4 is 11.8 Å². The van der Waals surface area contributed by atoms with Crippen LogP contribution in [0.1, 0.15) is 63.2 Å². The van der Waals surface area contributed by atoms with E-state index in [9.17, 15) is 9.59 Å². The van der Waals surface area contributed by atoms with E-state index in [-0.39, 0.29) is 18.1 Å². The highest BCUT2D eigenvalue weighted by Crippen LogP contribution is 2.32. The van der Waals surface area contributed by atoms with E-state index in [0.717, 1.165) is 22.4 Å². The van der Waals surface area contributed by atoms with Crippen molar-refractivity contribution in [3.05, 3.63) is 51.8 Å². The molecule has 2 atom stereocenters. The summed E-state index contributed by atoms with van der Waals surface area (Å²) in [6.07, 6.45) is 1.25. The van der Waals surface area contributed by atoms with Crippen LogP contribution >= 0.6 is 0 Å². The maximum Gasteiger partial charge on any atom is 0.272 e. The van der Waals surface area contributed by atoms with E-state index in [2.05, 4.69) is 5.10 Å². The largest absolute Gasteiger partial charge is 0.369 e. The lowest BCUT2D eigenvalue weighted by Crippen LogP contribution is -2.38. The first kappa shape index (κ1) is 17.7. The molecule has 7 nitrogen and oxygen atoms in total. The normalized spacial score (nSPS) is 21.5. The Balaban J connectivity index is 1.66. The number of benzene rings is 1. The van der Waals surface area contributed by atoms with Gasteiger partial charge in [0.25, 0.3) is 5.91 Å². The molecular formula is C20H24N4O3. The van der Waals surface area contributed by atoms with E-state index in [0.29, 0.717) is 37.2 Å². The van der Waals surface area contributed by atoms with Crippen LogP contribution in [0.4, 0.5) is 0 Å². The number of carbonyl (C=O) groups is 2. The summed E-state index contributed by atoms with van der Waals surface area (Å²) < 4.78 is 7.52. The summed E-state index contributed by atoms with van der Waals surface area (Å²) in [7, 11) is 1.81. The molecule has 2 N–H and O–H groups in total. The van der Waals surface area contributed by atoms with Crippen molar-refractivity contribution in [1.82, 2.24) is 14.7 Å². The van der Waals surface area contributed by atoms with Gasteiger partial charge in [0.05, 0.1) is 17.9 Å². The molecule has 0 fully saturated rings. The lowest BCUT2D eigenvalue weighted by atomic mass is 9.93. The van der Waals surface area contributed by atoms with Crippen LogP contribution < -0.4 is 5.73 Å². The Morgan fingerprint density at radius 1 is 1.26 bits per heavy atom. The first-order valence-corrected chi connectivity index (χ1v) is 9.28. The Morgan fingerprint density at radius 3 is 2.78 bits per heavy atom. The van der Waals surface area contributed by atoms with E-state index in [1.165, 1.54) is 0 Å². The van der Waals surface area contributed by atoms with Crippen LogP contribution in [0, 0.1) is 0 Å². The third-order valence-corrected chi connectivity index (χ3v) is 5.51. The number of nitrogens with two attached hydrogens (primary N) is 1. The third-order valence-electron chi connectivity index (χ3n) is 5.51. The van der Waals surface area contributed by atoms with Crippen molar-refractivity contribution in [2.24, 2.45) is 12.8 Å². The molecule has 3 heterocycles. The van der Waals surface area contributed by atoms with Gasteiger partial charge in [-0.3, -0.25) is 14.3 Å². The summed E-state index contributed by atoms with van der Waals surface area (Å²) in [5.74, 6) is -0.446. The summed E-state index contributed by atoms with van der Waals surface area (Å²) in [6, 6.07) is 5.52. The molecule has 0 saturated carbocycles. The quantitative estimate of drug-likeness (QED) is 0.874. The second kappa shape index (κ2) is 6.49. The topological polar surface area (TPSA) is 90.5 Å². The maximum atomic E-state index is 13.3. The van der Waals surface area contributed by atoms with Crippen molar-refractivity contribution in [2.75, 3.05) is 6.54 Å². The average molecular weight is 368 g/mol. The number of aryl methyl sites for hydroxylation is 1. The van der Waals surface area contributed by atoms with Crippen molar-refractivity contribution in [2.45, 2.75) is 45.4 Å². The predicted octanol–water partition coefficient (Wildman–Crippen LogP) is 1.74. The van der Waals surface area contributed by atoms with E-state index in [4.69, 9.17) is 10.5 Å². The Morgan fingerprint density at radius 2 is 2.04 bits per heavy atom. The molecule has 1 aromatic heterocycles. The zero-order chi connectivity index (χ0) is 19.3. The van der Waals surface area contributed by atoms with Crippen LogP contribution in [0.5, 0.6) is 0 Å². The highest BCUT2D eigenvalue weighted by atomic mass is 16.5. The van der Waals surface area contributed by atoms with Crippen LogP contribution in [0.2, 0.25) is 0 Å². The molecule has 7 heteroatoms. The standard InChI is InChI=1S/C20H24N4O3/c1-11-9-16-17(12(2)27-11)22-23(3)18(16)20(26)24-8-7-14-13(10-24)5-4-6-15(14)19(21)25/h4-6,11-12H,7-10H2,1-3H3,(H2,21,25)/t11-,12+/m1/s1. The Bertz CT molecular complexity index is 934. The van der Waals surface area contributed by atoms with Gasteiger partial charge in [0.2, 0.25) is 5.91 Å². The monoisotopic (exact) mass is 368 g/mol. The number of hydrogen-bond donors (Lipinski definition) is 1. The number of ether oxygens (including phenoxy) is 1. The molecule has 0 radical (unpaired) electrons. The smallest absolute Gasteiger partial charge is 0.272 e. The number of primary amides is 1. The van der Waals surface area contributed by atoms with Gasteiger partial charge >= 0.3 is 0 Å². The molecule has 2 amide bonds. The highest BCUT2D eigenvalue weighted by Gasteiger charge is 2.34. The Kier molecular flexibility index (Phi) is 4.26. The molecule has 0 aliphatic carbocycles. The van der Waals surface area contributed by atoms with Crippen LogP contribution in [0.15, 0.2) is 18.2 Å². The summed E-state index contributed by atoms with van der Waals surface area (Å²) in [4.78, 5) is 26.8. The third kappa shape index (κ3) is 2.92. The summed E-state index contributed by atoms with van der Waals surface area (Å²) in [6.45, 7) is 5.01. The van der Waals surface area contributed by atoms with Crippen molar-refractivity contribution in [3.8, 4) is 0 Å². The van der Waals surface area contributed by atoms with Gasteiger partial charge in [-0.15, -0.1) is 0 Å². The van der Waals surface area contributed by atoms with E-state index >= 15 is 0 Å². The van der Waals surface area contributed by atoms with Crippen LogP contribution in [-0.2, 0) is 31.2 Å². The van der Waals surface area contributed by atoms with Gasteiger partial charge in [-0.05, 0) is 37.5 Å². The predicted molar refractivity (Wildman–Crippen MR) is 99.3 cm³/mol. The number of aromatic nitrogens is 2. The lowest BCUT2D eigenvalue weighted by molar-refractivity contribution is -0.00714. The fourth-order valence-electron chi connectivity index (χ4n) is 4.30. The van der Waals surface area contributed by atoms with Gasteiger partial charge < -0.3 is 15.4 Å². The van der Waals surface area contributed by atoms with Crippen molar-refractivity contribution in [1.29, 1.82) is 0 Å². The first-order chi connectivity index (χ1) is 12.9. The molecule has 0 spiro atoms. The zero-order valence-corrected chi connectivity index (χ0v) is 15.9. The molecule has 0 bridgehead atoms. The van der Waals surface area contributed by atoms with E-state index < -0.39 is 5.91 Å². The molecule has 0 unspecified atom stereocenters. The summed E-state index contributed by atoms with van der Waals surface area (Å²) in [5, 5.41) is 4.55. The van der Waals surface area contributed by atoms with Crippen LogP contribution in [-0.4, -0.2) is 39.1 Å². The first-order valence-electron chi connectivity index (χ1n) is 9.28. The SMILES string of the molecule is C[C@@H]1Cc2c(nn(C)c2C(=O)N2CCc3c(cccc3C(N)=O)C2)[C@H](C)O1. The van der Waals surface area contributed by atoms with Crippen LogP contribution in [0.3, 0.4) is 0 Å². The minimum absolute atomic E-state index is 0.0253. The summed E-state index contributed by atoms with van der Waals surface area (Å²) >= 11 is 0. The summed E-state index contributed by atoms with van der Waals surface area (Å²) in [5.41, 5.74) is 10.5. The Hall–Kier alpha value is -2.67. The van der Waals surface area contributed by atoms with Gasteiger partial charge in [-0.1, -0.05) is 12.1 Å². The second-order valence-electron chi connectivity index (χ2n) is 7.41. The molecular weight excluding hydrogens is 344 g/mol. The number of fused-ring (bicyclic) bond motifs is 2. The second-order valence-corrected chi connectivity index (χ2v) is 7.41. The number of nitrogens with zero attached hydrogens (tertiary/aromatic N) is 3. The molecule has 2 aromatic rings. The van der Waals surface area contributed by atoms with Gasteiger partial charge in [-0.2, -0.15) is 5.10 Å². The van der Waals surface area contributed by atoms with E-state index in [1.54, 1.807) is 10.7 Å². The maximum absolute atomic E-state index is 13.3. The molecule has 2 aliphatic rings. The number of rotatable bonds is 2. The number of hydrogen-bond acceptors (Lipinski definition) is 4.